The van der Waals surface area contributed by atoms with E-state index in [0.717, 1.165) is 51.5 Å². The Balaban J connectivity index is 1.60. The van der Waals surface area contributed by atoms with Crippen LogP contribution < -0.4 is 11.1 Å². The van der Waals surface area contributed by atoms with Crippen molar-refractivity contribution in [1.29, 1.82) is 0 Å². The number of halogens is 2. The van der Waals surface area contributed by atoms with Crippen LogP contribution in [0.25, 0.3) is 0 Å². The van der Waals surface area contributed by atoms with Gasteiger partial charge in [-0.1, -0.05) is 35.0 Å². The summed E-state index contributed by atoms with van der Waals surface area (Å²) >= 11 is 13.6. The highest BCUT2D eigenvalue weighted by Crippen LogP contribution is 2.33. The molecule has 2 heterocycles. The van der Waals surface area contributed by atoms with E-state index < -0.39 is 5.91 Å². The number of amides is 1. The minimum Gasteiger partial charge on any atom is -0.379 e. The number of nitrogens with two attached hydrogens (primary N) is 1. The first-order chi connectivity index (χ1) is 12.5. The zero-order chi connectivity index (χ0) is 18.5. The number of hydrogen-bond acceptors (Lipinski definition) is 6. The Morgan fingerprint density at radius 1 is 1.27 bits per heavy atom. The highest BCUT2D eigenvalue weighted by atomic mass is 35.5. The summed E-state index contributed by atoms with van der Waals surface area (Å²) in [5, 5.41) is 6.19. The number of nitrogens with zero attached hydrogens (tertiary/aromatic N) is 2. The second kappa shape index (κ2) is 9.19. The zero-order valence-corrected chi connectivity index (χ0v) is 16.6. The van der Waals surface area contributed by atoms with Gasteiger partial charge in [-0.05, 0) is 24.6 Å². The lowest BCUT2D eigenvalue weighted by Crippen LogP contribution is -2.41. The van der Waals surface area contributed by atoms with Crippen molar-refractivity contribution >= 4 is 46.6 Å². The molecule has 1 aromatic rings. The fourth-order valence-corrected chi connectivity index (χ4v) is 4.34. The van der Waals surface area contributed by atoms with Crippen LogP contribution in [0, 0.1) is 0 Å². The van der Waals surface area contributed by atoms with E-state index in [0.29, 0.717) is 15.7 Å². The van der Waals surface area contributed by atoms with Crippen molar-refractivity contribution in [3.05, 3.63) is 39.3 Å². The van der Waals surface area contributed by atoms with Crippen molar-refractivity contribution in [2.75, 3.05) is 44.7 Å². The number of benzene rings is 1. The van der Waals surface area contributed by atoms with Gasteiger partial charge in [-0.3, -0.25) is 9.69 Å². The lowest BCUT2D eigenvalue weighted by molar-refractivity contribution is -0.116. The Hall–Kier alpha value is -1.12. The Bertz CT molecular complexity index is 683. The number of carbonyl (C=O) groups excluding carboxylic acids is 1. The molecule has 6 nitrogen and oxygen atoms in total. The molecule has 26 heavy (non-hydrogen) atoms. The van der Waals surface area contributed by atoms with Crippen LogP contribution in [-0.2, 0) is 9.53 Å². The second-order valence-corrected chi connectivity index (χ2v) is 7.90. The number of ether oxygens (including phenoxy) is 1. The first-order valence-corrected chi connectivity index (χ1v) is 10.2. The molecule has 1 unspecified atom stereocenters. The van der Waals surface area contributed by atoms with Gasteiger partial charge in [-0.15, -0.1) is 0 Å². The number of carbonyl (C=O) groups is 1. The predicted octanol–water partition coefficient (Wildman–Crippen LogP) is 2.79. The van der Waals surface area contributed by atoms with Crippen molar-refractivity contribution in [3.8, 4) is 0 Å². The van der Waals surface area contributed by atoms with E-state index >= 15 is 0 Å². The molecular weight excluding hydrogens is 395 g/mol. The fourth-order valence-electron chi connectivity index (χ4n) is 2.96. The number of primary amides is 1. The molecule has 1 amide bonds. The van der Waals surface area contributed by atoms with Crippen LogP contribution >= 0.6 is 35.0 Å². The minimum absolute atomic E-state index is 0.112. The molecule has 2 aliphatic heterocycles. The van der Waals surface area contributed by atoms with Crippen molar-refractivity contribution in [3.63, 3.8) is 0 Å². The van der Waals surface area contributed by atoms with Gasteiger partial charge >= 0.3 is 0 Å². The summed E-state index contributed by atoms with van der Waals surface area (Å²) in [6.07, 6.45) is 0.935. The van der Waals surface area contributed by atoms with Gasteiger partial charge < -0.3 is 20.7 Å². The average molecular weight is 417 g/mol. The molecule has 3 rings (SSSR count). The van der Waals surface area contributed by atoms with Gasteiger partial charge in [-0.25, -0.2) is 0 Å². The van der Waals surface area contributed by atoms with E-state index in [-0.39, 0.29) is 5.50 Å². The Kier molecular flexibility index (Phi) is 6.94. The van der Waals surface area contributed by atoms with Crippen LogP contribution in [0.2, 0.25) is 10.0 Å². The van der Waals surface area contributed by atoms with Crippen molar-refractivity contribution < 1.29 is 9.53 Å². The molecule has 2 aliphatic rings. The van der Waals surface area contributed by atoms with E-state index in [1.54, 1.807) is 12.1 Å². The summed E-state index contributed by atoms with van der Waals surface area (Å²) in [6, 6.07) is 5.39. The molecule has 9 heteroatoms. The van der Waals surface area contributed by atoms with E-state index in [1.165, 1.54) is 11.8 Å². The molecule has 1 fully saturated rings. The normalized spacial score (nSPS) is 20.9. The molecule has 1 saturated heterocycles. The highest BCUT2D eigenvalue weighted by molar-refractivity contribution is 8.03. The van der Waals surface area contributed by atoms with E-state index in [2.05, 4.69) is 10.2 Å². The van der Waals surface area contributed by atoms with E-state index in [4.69, 9.17) is 33.7 Å². The van der Waals surface area contributed by atoms with Crippen molar-refractivity contribution in [2.45, 2.75) is 11.9 Å². The Morgan fingerprint density at radius 3 is 2.73 bits per heavy atom. The summed E-state index contributed by atoms with van der Waals surface area (Å²) < 4.78 is 5.37. The molecule has 0 aliphatic carbocycles. The molecular formula is C17H22Cl2N4O2S. The van der Waals surface area contributed by atoms with Crippen LogP contribution in [0.1, 0.15) is 6.42 Å². The summed E-state index contributed by atoms with van der Waals surface area (Å²) in [7, 11) is 0. The summed E-state index contributed by atoms with van der Waals surface area (Å²) in [5.74, 6) is -0.415. The van der Waals surface area contributed by atoms with Gasteiger partial charge in [0.1, 0.15) is 5.70 Å². The third kappa shape index (κ3) is 4.98. The summed E-state index contributed by atoms with van der Waals surface area (Å²) in [5.41, 5.74) is 6.81. The number of hydrogen-bond donors (Lipinski definition) is 2. The third-order valence-corrected chi connectivity index (χ3v) is 6.07. The fraction of sp³-hybridized carbons (Fsp3) is 0.471. The first-order valence-electron chi connectivity index (χ1n) is 8.48. The van der Waals surface area contributed by atoms with E-state index in [9.17, 15) is 4.79 Å². The standard InChI is InChI=1S/C17H22Cl2N4O2S/c18-13-3-2-12(10-14(13)19)21-17-23(15(11-26-17)16(20)24)5-1-4-22-6-8-25-9-7-22/h2-3,10-11,17,21H,1,4-9H2,(H2,20,24). The smallest absolute Gasteiger partial charge is 0.265 e. The molecule has 1 aromatic carbocycles. The summed E-state index contributed by atoms with van der Waals surface area (Å²) in [4.78, 5) is 16.2. The van der Waals surface area contributed by atoms with Crippen molar-refractivity contribution in [1.82, 2.24) is 9.80 Å². The zero-order valence-electron chi connectivity index (χ0n) is 14.3. The van der Waals surface area contributed by atoms with Gasteiger partial charge in [0.15, 0.2) is 5.50 Å². The van der Waals surface area contributed by atoms with E-state index in [1.807, 2.05) is 16.4 Å². The Labute approximate surface area is 167 Å². The van der Waals surface area contributed by atoms with Gasteiger partial charge in [-0.2, -0.15) is 0 Å². The van der Waals surface area contributed by atoms with Gasteiger partial charge in [0, 0.05) is 37.3 Å². The molecule has 0 aromatic heterocycles. The average Bonchev–Trinajstić information content (AvgIpc) is 3.02. The van der Waals surface area contributed by atoms with Crippen LogP contribution in [0.5, 0.6) is 0 Å². The van der Waals surface area contributed by atoms with Crippen LogP contribution in [0.3, 0.4) is 0 Å². The van der Waals surface area contributed by atoms with Gasteiger partial charge in [0.05, 0.1) is 23.3 Å². The number of anilines is 1. The number of thioether (sulfide) groups is 1. The van der Waals surface area contributed by atoms with Crippen LogP contribution in [-0.4, -0.2) is 60.6 Å². The topological polar surface area (TPSA) is 70.8 Å². The van der Waals surface area contributed by atoms with Crippen LogP contribution in [0.15, 0.2) is 29.3 Å². The molecule has 0 spiro atoms. The first kappa shape index (κ1) is 19.6. The maximum atomic E-state index is 11.8. The van der Waals surface area contributed by atoms with Gasteiger partial charge in [0.2, 0.25) is 0 Å². The second-order valence-electron chi connectivity index (χ2n) is 6.13. The molecule has 0 bridgehead atoms. The summed E-state index contributed by atoms with van der Waals surface area (Å²) in [6.45, 7) is 5.19. The lowest BCUT2D eigenvalue weighted by Gasteiger charge is -2.31. The predicted molar refractivity (Wildman–Crippen MR) is 107 cm³/mol. The largest absolute Gasteiger partial charge is 0.379 e. The monoisotopic (exact) mass is 416 g/mol. The number of morpholine rings is 1. The molecule has 142 valence electrons. The highest BCUT2D eigenvalue weighted by Gasteiger charge is 2.29. The Morgan fingerprint density at radius 2 is 2.04 bits per heavy atom. The molecule has 0 saturated carbocycles. The molecule has 0 radical (unpaired) electrons. The quantitative estimate of drug-likeness (QED) is 0.711. The maximum Gasteiger partial charge on any atom is 0.265 e. The molecule has 1 atom stereocenters. The SMILES string of the molecule is NC(=O)C1=CSC(Nc2ccc(Cl)c(Cl)c2)N1CCCN1CCOCC1. The number of nitrogens with one attached hydrogen (secondary N) is 1. The van der Waals surface area contributed by atoms with Crippen molar-refractivity contribution in [2.24, 2.45) is 5.73 Å². The third-order valence-electron chi connectivity index (χ3n) is 4.34. The molecule has 3 N–H and O–H groups in total. The van der Waals surface area contributed by atoms with Gasteiger partial charge in [0.25, 0.3) is 5.91 Å². The lowest BCUT2D eigenvalue weighted by atomic mass is 10.3. The minimum atomic E-state index is -0.415. The maximum absolute atomic E-state index is 11.8. The van der Waals surface area contributed by atoms with Crippen LogP contribution in [0.4, 0.5) is 5.69 Å². The number of rotatable bonds is 7.